The van der Waals surface area contributed by atoms with Crippen molar-refractivity contribution >= 4 is 0 Å². The highest BCUT2D eigenvalue weighted by molar-refractivity contribution is 4.72. The maximum absolute atomic E-state index is 9.81. The molecule has 28 N–H and O–H groups in total. The molecule has 0 aromatic rings. The molecule has 50 nitrogen and oxygen atoms in total. The fourth-order valence-electron chi connectivity index (χ4n) is 9.05. The van der Waals surface area contributed by atoms with E-state index < -0.39 is 219 Å². The Morgan fingerprint density at radius 3 is 0.312 bits per heavy atom. The first-order valence-corrected chi connectivity index (χ1v) is 42.5. The standard InChI is InChI=1S/C46H94O30.C22H46O14.C10H22O6/c1-32(10-71-45(28-73-41(20-63-12-33(55)2-47)21-64-13-34(56)3-48)29-74-42(22-65-14-35(57)4-49)23-66-15-36(58)5-50)11-72-46(30-75-43(24-67-16-37(59)6-51)25-68-17-38(60)7-52)31-76-44(26-69-18-39(61)8-53)27-70-19-40(62)9-54;1-16(6-35-21(12-31-8-17(27)2-23)13-32-9-18(28)3-24)7-36-22(14-33-10-19(29)4-25)15-34-11-20(30)5-26;1-8(4-15-6-9(13)2-11)5-16-7-10(14)3-12/h32-62H,2-31H2,1H3;16-30H,2-15H2,1H3;8-14H,2-7H2,1H3. The second-order valence-corrected chi connectivity index (χ2v) is 30.2. The van der Waals surface area contributed by atoms with E-state index in [4.69, 9.17) is 145 Å². The van der Waals surface area contributed by atoms with Crippen LogP contribution in [0.1, 0.15) is 20.8 Å². The van der Waals surface area contributed by atoms with Crippen LogP contribution in [0.25, 0.3) is 0 Å². The predicted molar refractivity (Wildman–Crippen MR) is 440 cm³/mol. The molecule has 14 unspecified atom stereocenters. The lowest BCUT2D eigenvalue weighted by molar-refractivity contribution is -0.151. The van der Waals surface area contributed by atoms with Crippen LogP contribution >= 0.6 is 0 Å². The van der Waals surface area contributed by atoms with Crippen LogP contribution in [-0.2, 0) is 104 Å². The average molecular weight is 1900 g/mol. The molecule has 0 saturated heterocycles. The maximum atomic E-state index is 9.81. The van der Waals surface area contributed by atoms with E-state index >= 15 is 0 Å². The third-order valence-electron chi connectivity index (χ3n) is 16.3. The molecular weight excluding hydrogens is 1740 g/mol. The molecule has 0 aliphatic heterocycles. The van der Waals surface area contributed by atoms with Gasteiger partial charge in [0, 0.05) is 17.8 Å². The van der Waals surface area contributed by atoms with Crippen molar-refractivity contribution in [3.05, 3.63) is 0 Å². The van der Waals surface area contributed by atoms with E-state index in [1.807, 2.05) is 13.8 Å². The number of hydrogen-bond donors (Lipinski definition) is 28. The molecule has 14 atom stereocenters. The second-order valence-electron chi connectivity index (χ2n) is 30.2. The van der Waals surface area contributed by atoms with Crippen molar-refractivity contribution in [2.45, 2.75) is 155 Å². The quantitative estimate of drug-likeness (QED) is 0.0269. The van der Waals surface area contributed by atoms with Crippen LogP contribution in [0, 0.1) is 17.8 Å². The largest absolute Gasteiger partial charge is 0.394 e. The summed E-state index contributed by atoms with van der Waals surface area (Å²) >= 11 is 0. The summed E-state index contributed by atoms with van der Waals surface area (Å²) in [4.78, 5) is 0. The molecule has 0 bridgehead atoms. The van der Waals surface area contributed by atoms with Gasteiger partial charge in [-0.3, -0.25) is 0 Å². The van der Waals surface area contributed by atoms with Crippen molar-refractivity contribution in [3.63, 3.8) is 0 Å². The number of ether oxygens (including phenoxy) is 22. The zero-order valence-corrected chi connectivity index (χ0v) is 74.3. The summed E-state index contributed by atoms with van der Waals surface area (Å²) in [5, 5.41) is 261. The van der Waals surface area contributed by atoms with E-state index in [2.05, 4.69) is 0 Å². The summed E-state index contributed by atoms with van der Waals surface area (Å²) < 4.78 is 124. The first-order chi connectivity index (χ1) is 61.4. The van der Waals surface area contributed by atoms with Gasteiger partial charge in [-0.1, -0.05) is 20.8 Å². The molecule has 0 amide bonds. The van der Waals surface area contributed by atoms with Gasteiger partial charge < -0.3 is 247 Å². The van der Waals surface area contributed by atoms with Crippen molar-refractivity contribution in [3.8, 4) is 0 Å². The van der Waals surface area contributed by atoms with E-state index in [1.165, 1.54) is 0 Å². The summed E-state index contributed by atoms with van der Waals surface area (Å²) in [6, 6.07) is 0. The minimum atomic E-state index is -1.18. The minimum absolute atomic E-state index is 0.00668. The lowest BCUT2D eigenvalue weighted by atomic mass is 10.2. The number of rotatable bonds is 94. The summed E-state index contributed by atoms with van der Waals surface area (Å²) in [6.45, 7) is -3.89. The Bertz CT molecular complexity index is 1920. The van der Waals surface area contributed by atoms with Gasteiger partial charge in [0.15, 0.2) is 0 Å². The van der Waals surface area contributed by atoms with Gasteiger partial charge in [0.2, 0.25) is 0 Å². The second kappa shape index (κ2) is 91.4. The van der Waals surface area contributed by atoms with Crippen molar-refractivity contribution in [2.24, 2.45) is 17.8 Å². The molecule has 0 aliphatic rings. The van der Waals surface area contributed by atoms with Crippen LogP contribution in [0.2, 0.25) is 0 Å². The summed E-state index contributed by atoms with van der Waals surface area (Å²) in [5.41, 5.74) is 0. The average Bonchev–Trinajstić information content (AvgIpc) is 0.934. The number of aliphatic hydroxyl groups is 28. The molecule has 128 heavy (non-hydrogen) atoms. The maximum Gasteiger partial charge on any atom is 0.104 e. The zero-order valence-electron chi connectivity index (χ0n) is 74.3. The monoisotopic (exact) mass is 1900 g/mol. The Balaban J connectivity index is -0.00000245. The normalized spacial score (nSPS) is 18.0. The number of hydrogen-bond acceptors (Lipinski definition) is 50. The van der Waals surface area contributed by atoms with Crippen molar-refractivity contribution < 1.29 is 247 Å². The highest BCUT2D eigenvalue weighted by atomic mass is 16.6. The molecule has 774 valence electrons. The van der Waals surface area contributed by atoms with Gasteiger partial charge in [0.05, 0.1) is 330 Å². The van der Waals surface area contributed by atoms with E-state index in [-0.39, 0.29) is 250 Å². The molecule has 0 saturated carbocycles. The molecule has 50 heteroatoms. The Kier molecular flexibility index (Phi) is 92.9. The molecule has 0 fully saturated rings. The van der Waals surface area contributed by atoms with E-state index in [0.717, 1.165) is 0 Å². The zero-order chi connectivity index (χ0) is 96.3. The lowest BCUT2D eigenvalue weighted by Gasteiger charge is -2.28. The highest BCUT2D eigenvalue weighted by Gasteiger charge is 2.27. The van der Waals surface area contributed by atoms with Crippen LogP contribution in [-0.4, -0.2) is 608 Å². The molecule has 0 heterocycles. The van der Waals surface area contributed by atoms with E-state index in [9.17, 15) is 102 Å². The topological polar surface area (TPSA) is 770 Å². The molecule has 0 rings (SSSR count). The van der Waals surface area contributed by atoms with Gasteiger partial charge in [0.25, 0.3) is 0 Å². The molecule has 0 aromatic heterocycles. The van der Waals surface area contributed by atoms with Crippen LogP contribution < -0.4 is 0 Å². The Morgan fingerprint density at radius 2 is 0.203 bits per heavy atom. The Hall–Kier alpha value is -2.00. The molecule has 0 aliphatic carbocycles. The highest BCUT2D eigenvalue weighted by Crippen LogP contribution is 2.14. The Labute approximate surface area is 748 Å². The minimum Gasteiger partial charge on any atom is -0.394 e. The van der Waals surface area contributed by atoms with Crippen molar-refractivity contribution in [2.75, 3.05) is 330 Å². The van der Waals surface area contributed by atoms with Crippen LogP contribution in [0.4, 0.5) is 0 Å². The SMILES string of the molecule is CC(COC(COC(COCC(O)CO)COCC(O)CO)COC(COCC(O)CO)COCC(O)CO)COC(COC(COCC(O)CO)COCC(O)CO)COC(COCC(O)CO)COCC(O)CO.CC(COC(COCC(O)CO)COCC(O)CO)COC(COCC(O)CO)COCC(O)CO.CC(COCC(O)CO)COCC(O)CO. The van der Waals surface area contributed by atoms with Gasteiger partial charge in [-0.05, 0) is 0 Å². The third-order valence-corrected chi connectivity index (χ3v) is 16.3. The Morgan fingerprint density at radius 1 is 0.117 bits per heavy atom. The van der Waals surface area contributed by atoms with Gasteiger partial charge in [0.1, 0.15) is 134 Å². The van der Waals surface area contributed by atoms with Crippen molar-refractivity contribution in [1.82, 2.24) is 0 Å². The first kappa shape index (κ1) is 130. The fraction of sp³-hybridized carbons (Fsp3) is 1.00. The van der Waals surface area contributed by atoms with Gasteiger partial charge >= 0.3 is 0 Å². The van der Waals surface area contributed by atoms with Crippen LogP contribution in [0.5, 0.6) is 0 Å². The van der Waals surface area contributed by atoms with Gasteiger partial charge in [-0.15, -0.1) is 0 Å². The lowest BCUT2D eigenvalue weighted by Crippen LogP contribution is -2.38. The molecule has 0 aromatic carbocycles. The first-order valence-electron chi connectivity index (χ1n) is 42.5. The summed E-state index contributed by atoms with van der Waals surface area (Å²) in [7, 11) is 0. The van der Waals surface area contributed by atoms with Crippen molar-refractivity contribution in [1.29, 1.82) is 0 Å². The van der Waals surface area contributed by atoms with Crippen LogP contribution in [0.15, 0.2) is 0 Å². The molecule has 0 radical (unpaired) electrons. The smallest absolute Gasteiger partial charge is 0.104 e. The van der Waals surface area contributed by atoms with E-state index in [0.29, 0.717) is 13.2 Å². The molecule has 0 spiro atoms. The number of aliphatic hydroxyl groups excluding tert-OH is 28. The molecular formula is C78H162O50. The van der Waals surface area contributed by atoms with Crippen LogP contribution in [0.3, 0.4) is 0 Å². The van der Waals surface area contributed by atoms with E-state index in [1.54, 1.807) is 6.92 Å². The van der Waals surface area contributed by atoms with Gasteiger partial charge in [-0.2, -0.15) is 0 Å². The third kappa shape index (κ3) is 83.4. The van der Waals surface area contributed by atoms with Gasteiger partial charge in [-0.25, -0.2) is 0 Å². The summed E-state index contributed by atoms with van der Waals surface area (Å²) in [5.74, 6) is -0.386. The summed E-state index contributed by atoms with van der Waals surface area (Å²) in [6.07, 6.45) is -21.4. The predicted octanol–water partition coefficient (Wildman–Crippen LogP) is -14.9. The fourth-order valence-corrected chi connectivity index (χ4v) is 9.05.